The fourth-order valence-electron chi connectivity index (χ4n) is 1.96. The SMILES string of the molecule is Cc1ccc(C)c(S(=O)(=O)N(C)c2ccc(N)cc2)c1. The second kappa shape index (κ2) is 5.17. The number of nitrogens with zero attached hydrogens (tertiary/aromatic N) is 1. The van der Waals surface area contributed by atoms with Gasteiger partial charge in [0.05, 0.1) is 10.6 Å². The largest absolute Gasteiger partial charge is 0.399 e. The molecular weight excluding hydrogens is 272 g/mol. The molecule has 0 radical (unpaired) electrons. The van der Waals surface area contributed by atoms with Gasteiger partial charge in [-0.05, 0) is 55.3 Å². The van der Waals surface area contributed by atoms with Crippen molar-refractivity contribution in [1.82, 2.24) is 0 Å². The third-order valence-electron chi connectivity index (χ3n) is 3.24. The average Bonchev–Trinajstić information content (AvgIpc) is 2.41. The van der Waals surface area contributed by atoms with Crippen LogP contribution in [-0.2, 0) is 10.0 Å². The second-order valence-corrected chi connectivity index (χ2v) is 6.77. The van der Waals surface area contributed by atoms with Crippen molar-refractivity contribution < 1.29 is 8.42 Å². The van der Waals surface area contributed by atoms with E-state index in [2.05, 4.69) is 0 Å². The monoisotopic (exact) mass is 290 g/mol. The van der Waals surface area contributed by atoms with E-state index in [0.717, 1.165) is 11.1 Å². The first-order valence-corrected chi connectivity index (χ1v) is 7.68. The quantitative estimate of drug-likeness (QED) is 0.884. The van der Waals surface area contributed by atoms with Gasteiger partial charge in [-0.1, -0.05) is 12.1 Å². The molecule has 4 nitrogen and oxygen atoms in total. The molecule has 0 aliphatic rings. The van der Waals surface area contributed by atoms with Crippen molar-refractivity contribution in [3.05, 3.63) is 53.6 Å². The van der Waals surface area contributed by atoms with Gasteiger partial charge in [-0.15, -0.1) is 0 Å². The average molecular weight is 290 g/mol. The number of aryl methyl sites for hydroxylation is 2. The van der Waals surface area contributed by atoms with Crippen molar-refractivity contribution in [1.29, 1.82) is 0 Å². The van der Waals surface area contributed by atoms with Crippen molar-refractivity contribution in [2.24, 2.45) is 0 Å². The number of rotatable bonds is 3. The molecule has 0 saturated carbocycles. The maximum absolute atomic E-state index is 12.7. The summed E-state index contributed by atoms with van der Waals surface area (Å²) in [7, 11) is -2.02. The Hall–Kier alpha value is -2.01. The Morgan fingerprint density at radius 1 is 1.00 bits per heavy atom. The summed E-state index contributed by atoms with van der Waals surface area (Å²) in [5, 5.41) is 0. The molecule has 0 saturated heterocycles. The highest BCUT2D eigenvalue weighted by Crippen LogP contribution is 2.25. The first-order valence-electron chi connectivity index (χ1n) is 6.24. The molecule has 0 aromatic heterocycles. The van der Waals surface area contributed by atoms with Crippen LogP contribution in [0.3, 0.4) is 0 Å². The zero-order valence-electron chi connectivity index (χ0n) is 11.8. The lowest BCUT2D eigenvalue weighted by molar-refractivity contribution is 0.593. The van der Waals surface area contributed by atoms with Gasteiger partial charge in [0.25, 0.3) is 10.0 Å². The standard InChI is InChI=1S/C15H18N2O2S/c1-11-4-5-12(2)15(10-11)20(18,19)17(3)14-8-6-13(16)7-9-14/h4-10H,16H2,1-3H3. The van der Waals surface area contributed by atoms with Gasteiger partial charge < -0.3 is 5.73 Å². The van der Waals surface area contributed by atoms with E-state index in [4.69, 9.17) is 5.73 Å². The van der Waals surface area contributed by atoms with Crippen molar-refractivity contribution >= 4 is 21.4 Å². The number of nitrogens with two attached hydrogens (primary N) is 1. The molecule has 106 valence electrons. The molecule has 2 aromatic rings. The van der Waals surface area contributed by atoms with Gasteiger partial charge >= 0.3 is 0 Å². The minimum Gasteiger partial charge on any atom is -0.399 e. The molecule has 0 aliphatic heterocycles. The molecule has 2 rings (SSSR count). The third kappa shape index (κ3) is 2.63. The summed E-state index contributed by atoms with van der Waals surface area (Å²) >= 11 is 0. The zero-order valence-corrected chi connectivity index (χ0v) is 12.6. The van der Waals surface area contributed by atoms with E-state index in [-0.39, 0.29) is 0 Å². The van der Waals surface area contributed by atoms with Crippen LogP contribution in [0.25, 0.3) is 0 Å². The van der Waals surface area contributed by atoms with Gasteiger partial charge in [0.15, 0.2) is 0 Å². The van der Waals surface area contributed by atoms with E-state index in [9.17, 15) is 8.42 Å². The van der Waals surface area contributed by atoms with Crippen LogP contribution in [0.2, 0.25) is 0 Å². The minimum absolute atomic E-state index is 0.330. The maximum atomic E-state index is 12.7. The van der Waals surface area contributed by atoms with Crippen LogP contribution in [0.15, 0.2) is 47.4 Å². The van der Waals surface area contributed by atoms with Gasteiger partial charge in [-0.2, -0.15) is 0 Å². The lowest BCUT2D eigenvalue weighted by Gasteiger charge is -2.21. The Kier molecular flexibility index (Phi) is 3.72. The lowest BCUT2D eigenvalue weighted by atomic mass is 10.2. The van der Waals surface area contributed by atoms with Crippen LogP contribution >= 0.6 is 0 Å². The molecule has 0 unspecified atom stereocenters. The van der Waals surface area contributed by atoms with Crippen molar-refractivity contribution in [2.75, 3.05) is 17.1 Å². The summed E-state index contributed by atoms with van der Waals surface area (Å²) in [4.78, 5) is 0.330. The van der Waals surface area contributed by atoms with Crippen LogP contribution in [0.4, 0.5) is 11.4 Å². The number of benzene rings is 2. The Morgan fingerprint density at radius 3 is 2.20 bits per heavy atom. The van der Waals surface area contributed by atoms with Crippen LogP contribution in [-0.4, -0.2) is 15.5 Å². The number of hydrogen-bond donors (Lipinski definition) is 1. The van der Waals surface area contributed by atoms with E-state index in [1.54, 1.807) is 44.3 Å². The van der Waals surface area contributed by atoms with Crippen molar-refractivity contribution in [2.45, 2.75) is 18.7 Å². The lowest BCUT2D eigenvalue weighted by Crippen LogP contribution is -2.27. The molecule has 0 atom stereocenters. The molecule has 0 aliphatic carbocycles. The highest BCUT2D eigenvalue weighted by atomic mass is 32.2. The topological polar surface area (TPSA) is 63.4 Å². The van der Waals surface area contributed by atoms with Gasteiger partial charge in [0.1, 0.15) is 0 Å². The highest BCUT2D eigenvalue weighted by Gasteiger charge is 2.23. The Bertz CT molecular complexity index is 722. The normalized spacial score (nSPS) is 11.3. The molecular formula is C15H18N2O2S. The Balaban J connectivity index is 2.49. The van der Waals surface area contributed by atoms with Crippen LogP contribution in [0, 0.1) is 13.8 Å². The van der Waals surface area contributed by atoms with Crippen LogP contribution < -0.4 is 10.0 Å². The van der Waals surface area contributed by atoms with E-state index >= 15 is 0 Å². The first kappa shape index (κ1) is 14.4. The minimum atomic E-state index is -3.57. The van der Waals surface area contributed by atoms with Crippen molar-refractivity contribution in [3.63, 3.8) is 0 Å². The van der Waals surface area contributed by atoms with E-state index in [0.29, 0.717) is 16.3 Å². The first-order chi connectivity index (χ1) is 9.32. The zero-order chi connectivity index (χ0) is 14.9. The Labute approximate surface area is 119 Å². The maximum Gasteiger partial charge on any atom is 0.264 e. The number of nitrogen functional groups attached to an aromatic ring is 1. The predicted molar refractivity (Wildman–Crippen MR) is 82.4 cm³/mol. The molecule has 0 heterocycles. The number of anilines is 2. The van der Waals surface area contributed by atoms with E-state index in [1.165, 1.54) is 4.31 Å². The summed E-state index contributed by atoms with van der Waals surface area (Å²) in [6.45, 7) is 3.67. The summed E-state index contributed by atoms with van der Waals surface area (Å²) in [6.07, 6.45) is 0. The molecule has 0 fully saturated rings. The van der Waals surface area contributed by atoms with E-state index < -0.39 is 10.0 Å². The molecule has 2 aromatic carbocycles. The van der Waals surface area contributed by atoms with Crippen molar-refractivity contribution in [3.8, 4) is 0 Å². The third-order valence-corrected chi connectivity index (χ3v) is 5.17. The van der Waals surface area contributed by atoms with Gasteiger partial charge in [0, 0.05) is 12.7 Å². The van der Waals surface area contributed by atoms with Crippen LogP contribution in [0.1, 0.15) is 11.1 Å². The number of hydrogen-bond acceptors (Lipinski definition) is 3. The second-order valence-electron chi connectivity index (χ2n) is 4.83. The smallest absolute Gasteiger partial charge is 0.264 e. The summed E-state index contributed by atoms with van der Waals surface area (Å²) in [5.41, 5.74) is 8.46. The molecule has 0 bridgehead atoms. The molecule has 2 N–H and O–H groups in total. The fourth-order valence-corrected chi connectivity index (χ4v) is 3.46. The summed E-state index contributed by atoms with van der Waals surface area (Å²) in [6, 6.07) is 12.2. The van der Waals surface area contributed by atoms with Gasteiger partial charge in [-0.3, -0.25) is 4.31 Å². The molecule has 0 spiro atoms. The summed E-state index contributed by atoms with van der Waals surface area (Å²) < 4.78 is 26.6. The Morgan fingerprint density at radius 2 is 1.60 bits per heavy atom. The highest BCUT2D eigenvalue weighted by molar-refractivity contribution is 7.92. The molecule has 0 amide bonds. The fraction of sp³-hybridized carbons (Fsp3) is 0.200. The molecule has 20 heavy (non-hydrogen) atoms. The molecule has 5 heteroatoms. The van der Waals surface area contributed by atoms with Gasteiger partial charge in [-0.25, -0.2) is 8.42 Å². The predicted octanol–water partition coefficient (Wildman–Crippen LogP) is 2.71. The van der Waals surface area contributed by atoms with Crippen LogP contribution in [0.5, 0.6) is 0 Å². The number of sulfonamides is 1. The van der Waals surface area contributed by atoms with Gasteiger partial charge in [0.2, 0.25) is 0 Å². The van der Waals surface area contributed by atoms with E-state index in [1.807, 2.05) is 19.1 Å². The summed E-state index contributed by atoms with van der Waals surface area (Å²) in [5.74, 6) is 0.